The molecule has 0 atom stereocenters. The molecule has 0 radical (unpaired) electrons. The maximum absolute atomic E-state index is 5.72. The van der Waals surface area contributed by atoms with Gasteiger partial charge in [-0.1, -0.05) is 19.6 Å². The topological polar surface area (TPSA) is 21.3 Å². The predicted octanol–water partition coefficient (Wildman–Crippen LogP) is 5.36. The fraction of sp³-hybridized carbons (Fsp3) is 0.556. The van der Waals surface area contributed by atoms with Crippen LogP contribution in [0.15, 0.2) is 18.9 Å². The highest BCUT2D eigenvalue weighted by Crippen LogP contribution is 2.43. The Morgan fingerprint density at radius 2 is 2.00 bits per heavy atom. The maximum Gasteiger partial charge on any atom is 0.122 e. The van der Waals surface area contributed by atoms with Gasteiger partial charge in [0.05, 0.1) is 12.2 Å². The number of hydrogen-bond donors (Lipinski definition) is 1. The molecule has 0 amide bonds. The Morgan fingerprint density at radius 1 is 1.24 bits per heavy atom. The number of ether oxygens (including phenoxy) is 1. The van der Waals surface area contributed by atoms with E-state index in [9.17, 15) is 0 Å². The summed E-state index contributed by atoms with van der Waals surface area (Å²) in [6, 6.07) is 0. The number of rotatable bonds is 6. The number of aryl methyl sites for hydroxylation is 1. The van der Waals surface area contributed by atoms with Gasteiger partial charge in [-0.3, -0.25) is 0 Å². The van der Waals surface area contributed by atoms with Crippen LogP contribution in [-0.2, 0) is 17.6 Å². The number of thiophene rings is 1. The van der Waals surface area contributed by atoms with Crippen LogP contribution in [0.1, 0.15) is 55.0 Å². The third kappa shape index (κ3) is 2.89. The Hall–Kier alpha value is -1.22. The van der Waals surface area contributed by atoms with Crippen molar-refractivity contribution >= 4 is 22.1 Å². The van der Waals surface area contributed by atoms with E-state index in [1.165, 1.54) is 65.2 Å². The summed E-state index contributed by atoms with van der Waals surface area (Å²) in [4.78, 5) is 1.51. The number of anilines is 1. The van der Waals surface area contributed by atoms with Crippen LogP contribution in [-0.4, -0.2) is 6.61 Å². The van der Waals surface area contributed by atoms with Crippen molar-refractivity contribution in [2.75, 3.05) is 11.9 Å². The maximum atomic E-state index is 5.72. The van der Waals surface area contributed by atoms with E-state index in [-0.39, 0.29) is 0 Å². The van der Waals surface area contributed by atoms with Crippen LogP contribution in [0, 0.1) is 5.92 Å². The second-order valence-corrected chi connectivity index (χ2v) is 7.15. The zero-order chi connectivity index (χ0) is 14.8. The van der Waals surface area contributed by atoms with Crippen LogP contribution in [0.25, 0.3) is 5.76 Å². The molecule has 2 nitrogen and oxygen atoms in total. The van der Waals surface area contributed by atoms with Crippen molar-refractivity contribution in [1.29, 1.82) is 0 Å². The van der Waals surface area contributed by atoms with E-state index in [0.717, 1.165) is 12.2 Å². The van der Waals surface area contributed by atoms with Crippen LogP contribution in [0.3, 0.4) is 0 Å². The summed E-state index contributed by atoms with van der Waals surface area (Å²) in [5.74, 6) is 1.47. The first-order valence-corrected chi connectivity index (χ1v) is 8.94. The molecule has 0 bridgehead atoms. The molecular weight excluding hydrogens is 278 g/mol. The number of nitrogens with one attached hydrogen (secondary N) is 1. The van der Waals surface area contributed by atoms with Crippen LogP contribution < -0.4 is 5.32 Å². The molecule has 2 aliphatic carbocycles. The first-order valence-electron chi connectivity index (χ1n) is 8.13. The zero-order valence-corrected chi connectivity index (χ0v) is 13.8. The van der Waals surface area contributed by atoms with Gasteiger partial charge in [0.25, 0.3) is 0 Å². The van der Waals surface area contributed by atoms with Gasteiger partial charge in [-0.05, 0) is 56.9 Å². The second-order valence-electron chi connectivity index (χ2n) is 6.05. The van der Waals surface area contributed by atoms with Gasteiger partial charge < -0.3 is 10.1 Å². The van der Waals surface area contributed by atoms with Gasteiger partial charge >= 0.3 is 0 Å². The molecule has 0 aliphatic heterocycles. The molecule has 1 saturated carbocycles. The van der Waals surface area contributed by atoms with Crippen LogP contribution in [0.2, 0.25) is 0 Å². The summed E-state index contributed by atoms with van der Waals surface area (Å²) in [5.41, 5.74) is 3.86. The van der Waals surface area contributed by atoms with E-state index in [2.05, 4.69) is 18.5 Å². The standard InChI is InChI=1S/C18H25NOS/c1-4-20-13(3)17-15-10-5-6-11-16(15)21-18(17)19-12(2)14-8-7-9-14/h14,19H,2-11H2,1H3. The molecule has 0 spiro atoms. The summed E-state index contributed by atoms with van der Waals surface area (Å²) in [5, 5.41) is 4.80. The highest BCUT2D eigenvalue weighted by Gasteiger charge is 2.26. The Labute approximate surface area is 131 Å². The second kappa shape index (κ2) is 6.27. The van der Waals surface area contributed by atoms with Gasteiger partial charge in [-0.15, -0.1) is 11.3 Å². The molecule has 114 valence electrons. The average molecular weight is 303 g/mol. The minimum Gasteiger partial charge on any atom is -0.494 e. The Kier molecular flexibility index (Phi) is 4.39. The fourth-order valence-corrected chi connectivity index (χ4v) is 4.54. The Morgan fingerprint density at radius 3 is 2.67 bits per heavy atom. The molecule has 0 unspecified atom stereocenters. The molecule has 1 aromatic heterocycles. The molecule has 1 heterocycles. The van der Waals surface area contributed by atoms with Crippen molar-refractivity contribution in [2.45, 2.75) is 51.9 Å². The van der Waals surface area contributed by atoms with E-state index in [1.54, 1.807) is 0 Å². The lowest BCUT2D eigenvalue weighted by Crippen LogP contribution is -2.18. The number of fused-ring (bicyclic) bond motifs is 1. The molecule has 1 fully saturated rings. The van der Waals surface area contributed by atoms with Gasteiger partial charge in [0.1, 0.15) is 10.8 Å². The lowest BCUT2D eigenvalue weighted by molar-refractivity contribution is 0.299. The predicted molar refractivity (Wildman–Crippen MR) is 91.7 cm³/mol. The Balaban J connectivity index is 1.88. The summed E-state index contributed by atoms with van der Waals surface area (Å²) in [6.45, 7) is 11.1. The van der Waals surface area contributed by atoms with Crippen LogP contribution >= 0.6 is 11.3 Å². The van der Waals surface area contributed by atoms with Crippen molar-refractivity contribution in [3.05, 3.63) is 34.9 Å². The van der Waals surface area contributed by atoms with Crippen molar-refractivity contribution in [3.8, 4) is 0 Å². The molecule has 2 aliphatic rings. The smallest absolute Gasteiger partial charge is 0.122 e. The first-order chi connectivity index (χ1) is 10.2. The van der Waals surface area contributed by atoms with E-state index in [0.29, 0.717) is 12.5 Å². The molecule has 1 N–H and O–H groups in total. The lowest BCUT2D eigenvalue weighted by atomic mass is 9.83. The van der Waals surface area contributed by atoms with E-state index in [1.807, 2.05) is 18.3 Å². The summed E-state index contributed by atoms with van der Waals surface area (Å²) >= 11 is 1.88. The van der Waals surface area contributed by atoms with E-state index < -0.39 is 0 Å². The fourth-order valence-electron chi connectivity index (χ4n) is 3.20. The number of allylic oxidation sites excluding steroid dienone is 1. The van der Waals surface area contributed by atoms with Gasteiger partial charge in [0, 0.05) is 10.6 Å². The SMILES string of the molecule is C=C(OCC)c1c(NC(=C)C2CCC2)sc2c1CCCC2. The molecular formula is C18H25NOS. The van der Waals surface area contributed by atoms with E-state index >= 15 is 0 Å². The summed E-state index contributed by atoms with van der Waals surface area (Å²) in [7, 11) is 0. The number of hydrogen-bond acceptors (Lipinski definition) is 3. The quantitative estimate of drug-likeness (QED) is 0.714. The van der Waals surface area contributed by atoms with Crippen LogP contribution in [0.4, 0.5) is 5.00 Å². The minimum absolute atomic E-state index is 0.650. The monoisotopic (exact) mass is 303 g/mol. The van der Waals surface area contributed by atoms with Crippen molar-refractivity contribution in [2.24, 2.45) is 5.92 Å². The van der Waals surface area contributed by atoms with Gasteiger partial charge in [0.2, 0.25) is 0 Å². The van der Waals surface area contributed by atoms with Gasteiger partial charge in [-0.25, -0.2) is 0 Å². The third-order valence-corrected chi connectivity index (χ3v) is 5.85. The molecule has 3 rings (SSSR count). The Bertz CT molecular complexity index is 554. The van der Waals surface area contributed by atoms with Crippen molar-refractivity contribution in [1.82, 2.24) is 0 Å². The first kappa shape index (κ1) is 14.7. The molecule has 0 aromatic carbocycles. The molecule has 3 heteroatoms. The van der Waals surface area contributed by atoms with E-state index in [4.69, 9.17) is 4.74 Å². The highest BCUT2D eigenvalue weighted by atomic mass is 32.1. The van der Waals surface area contributed by atoms with Crippen molar-refractivity contribution < 1.29 is 4.74 Å². The van der Waals surface area contributed by atoms with Crippen molar-refractivity contribution in [3.63, 3.8) is 0 Å². The average Bonchev–Trinajstić information content (AvgIpc) is 2.74. The molecule has 0 saturated heterocycles. The third-order valence-electron chi connectivity index (χ3n) is 4.64. The summed E-state index contributed by atoms with van der Waals surface area (Å²) in [6.07, 6.45) is 8.83. The zero-order valence-electron chi connectivity index (χ0n) is 13.0. The lowest BCUT2D eigenvalue weighted by Gasteiger charge is -2.28. The molecule has 21 heavy (non-hydrogen) atoms. The highest BCUT2D eigenvalue weighted by molar-refractivity contribution is 7.16. The normalized spacial score (nSPS) is 17.8. The minimum atomic E-state index is 0.650. The largest absolute Gasteiger partial charge is 0.494 e. The summed E-state index contributed by atoms with van der Waals surface area (Å²) < 4.78 is 5.72. The van der Waals surface area contributed by atoms with Gasteiger partial charge in [-0.2, -0.15) is 0 Å². The van der Waals surface area contributed by atoms with Crippen LogP contribution in [0.5, 0.6) is 0 Å². The molecule has 1 aromatic rings. The van der Waals surface area contributed by atoms with Gasteiger partial charge in [0.15, 0.2) is 0 Å².